The van der Waals surface area contributed by atoms with E-state index >= 15 is 0 Å². The van der Waals surface area contributed by atoms with Crippen LogP contribution in [0.2, 0.25) is 0 Å². The van der Waals surface area contributed by atoms with Gasteiger partial charge in [-0.3, -0.25) is 14.4 Å². The van der Waals surface area contributed by atoms with Crippen LogP contribution in [0.15, 0.2) is 24.3 Å². The Hall–Kier alpha value is -3.18. The van der Waals surface area contributed by atoms with Crippen molar-refractivity contribution < 1.29 is 34.5 Å². The highest BCUT2D eigenvalue weighted by Crippen LogP contribution is 2.12. The van der Waals surface area contributed by atoms with Crippen molar-refractivity contribution in [2.45, 2.75) is 38.4 Å². The van der Waals surface area contributed by atoms with Gasteiger partial charge in [-0.25, -0.2) is 4.79 Å². The van der Waals surface area contributed by atoms with Crippen molar-refractivity contribution in [1.82, 2.24) is 16.0 Å². The molecule has 0 aliphatic carbocycles. The summed E-state index contributed by atoms with van der Waals surface area (Å²) in [6, 6.07) is 2.34. The topological polar surface area (TPSA) is 191 Å². The van der Waals surface area contributed by atoms with Gasteiger partial charge in [-0.1, -0.05) is 26.0 Å². The molecule has 0 aromatic heterocycles. The third-order valence-electron chi connectivity index (χ3n) is 4.26. The molecule has 0 spiro atoms. The summed E-state index contributed by atoms with van der Waals surface area (Å²) >= 11 is 0. The number of amides is 3. The SMILES string of the molecule is CC(C)C(NC(=O)C(Cc1ccc(O)cc1)NC(=O)CN)C(=O)NC(CO)C(=O)O. The minimum atomic E-state index is -1.51. The number of benzene rings is 1. The molecule has 0 aliphatic heterocycles. The predicted octanol–water partition coefficient (Wildman–Crippen LogP) is -1.92. The maximum absolute atomic E-state index is 12.8. The van der Waals surface area contributed by atoms with Gasteiger partial charge in [-0.05, 0) is 23.6 Å². The molecular formula is C19H28N4O7. The second kappa shape index (κ2) is 11.7. The molecule has 3 amide bonds. The number of aromatic hydroxyl groups is 1. The van der Waals surface area contributed by atoms with Crippen molar-refractivity contribution in [3.05, 3.63) is 29.8 Å². The summed E-state index contributed by atoms with van der Waals surface area (Å²) in [5, 5.41) is 34.6. The van der Waals surface area contributed by atoms with E-state index in [1.807, 2.05) is 0 Å². The number of aliphatic hydroxyl groups is 1. The van der Waals surface area contributed by atoms with Crippen molar-refractivity contribution in [2.24, 2.45) is 11.7 Å². The molecule has 3 atom stereocenters. The fourth-order valence-corrected chi connectivity index (χ4v) is 2.57. The zero-order chi connectivity index (χ0) is 22.8. The smallest absolute Gasteiger partial charge is 0.328 e. The molecule has 0 bridgehead atoms. The molecule has 166 valence electrons. The maximum atomic E-state index is 12.8. The first kappa shape index (κ1) is 24.9. The molecule has 1 rings (SSSR count). The van der Waals surface area contributed by atoms with Crippen molar-refractivity contribution in [3.63, 3.8) is 0 Å². The second-order valence-electron chi connectivity index (χ2n) is 7.01. The number of carbonyl (C=O) groups is 4. The van der Waals surface area contributed by atoms with E-state index in [4.69, 9.17) is 15.9 Å². The first-order valence-electron chi connectivity index (χ1n) is 9.30. The Morgan fingerprint density at radius 3 is 2.03 bits per heavy atom. The quantitative estimate of drug-likeness (QED) is 0.214. The average Bonchev–Trinajstić information content (AvgIpc) is 2.70. The van der Waals surface area contributed by atoms with E-state index in [-0.39, 0.29) is 18.7 Å². The molecule has 11 nitrogen and oxygen atoms in total. The Morgan fingerprint density at radius 1 is 0.967 bits per heavy atom. The van der Waals surface area contributed by atoms with Crippen LogP contribution in [-0.2, 0) is 25.6 Å². The van der Waals surface area contributed by atoms with Crippen molar-refractivity contribution in [3.8, 4) is 5.75 Å². The number of carboxylic acids is 1. The largest absolute Gasteiger partial charge is 0.508 e. The number of aliphatic hydroxyl groups excluding tert-OH is 1. The lowest BCUT2D eigenvalue weighted by Gasteiger charge is -2.26. The highest BCUT2D eigenvalue weighted by molar-refractivity contribution is 5.93. The van der Waals surface area contributed by atoms with Crippen LogP contribution in [0.25, 0.3) is 0 Å². The highest BCUT2D eigenvalue weighted by Gasteiger charge is 2.31. The van der Waals surface area contributed by atoms with Crippen LogP contribution in [0.5, 0.6) is 5.75 Å². The second-order valence-corrected chi connectivity index (χ2v) is 7.01. The van der Waals surface area contributed by atoms with Crippen molar-refractivity contribution in [1.29, 1.82) is 0 Å². The average molecular weight is 424 g/mol. The summed E-state index contributed by atoms with van der Waals surface area (Å²) in [7, 11) is 0. The lowest BCUT2D eigenvalue weighted by atomic mass is 10.0. The van der Waals surface area contributed by atoms with Gasteiger partial charge in [0, 0.05) is 6.42 Å². The molecule has 0 fully saturated rings. The number of phenolic OH excluding ortho intramolecular Hbond substituents is 1. The third-order valence-corrected chi connectivity index (χ3v) is 4.26. The van der Waals surface area contributed by atoms with E-state index in [2.05, 4.69) is 16.0 Å². The first-order chi connectivity index (χ1) is 14.1. The lowest BCUT2D eigenvalue weighted by molar-refractivity contribution is -0.143. The van der Waals surface area contributed by atoms with Crippen molar-refractivity contribution in [2.75, 3.05) is 13.2 Å². The minimum absolute atomic E-state index is 0.0409. The van der Waals surface area contributed by atoms with E-state index in [9.17, 15) is 24.3 Å². The number of rotatable bonds is 11. The summed E-state index contributed by atoms with van der Waals surface area (Å²) < 4.78 is 0. The van der Waals surface area contributed by atoms with Gasteiger partial charge in [0.1, 0.15) is 23.9 Å². The Labute approximate surface area is 173 Å². The number of hydrogen-bond acceptors (Lipinski definition) is 7. The maximum Gasteiger partial charge on any atom is 0.328 e. The Morgan fingerprint density at radius 2 is 1.57 bits per heavy atom. The van der Waals surface area contributed by atoms with Gasteiger partial charge in [0.15, 0.2) is 0 Å². The Kier molecular flexibility index (Phi) is 9.72. The van der Waals surface area contributed by atoms with Gasteiger partial charge in [-0.2, -0.15) is 0 Å². The fourth-order valence-electron chi connectivity index (χ4n) is 2.57. The summed E-state index contributed by atoms with van der Waals surface area (Å²) in [4.78, 5) is 48.1. The highest BCUT2D eigenvalue weighted by atomic mass is 16.4. The van der Waals surface area contributed by atoms with Crippen LogP contribution in [-0.4, -0.2) is 70.3 Å². The summed E-state index contributed by atoms with van der Waals surface area (Å²) in [5.74, 6) is -3.82. The van der Waals surface area contributed by atoms with Gasteiger partial charge in [0.25, 0.3) is 0 Å². The molecule has 8 N–H and O–H groups in total. The molecule has 0 heterocycles. The first-order valence-corrected chi connectivity index (χ1v) is 9.30. The standard InChI is InChI=1S/C19H28N4O7/c1-10(2)16(18(28)22-14(9-24)19(29)30)23-17(27)13(21-15(26)8-20)7-11-3-5-12(25)6-4-11/h3-6,10,13-14,16,24-25H,7-9,20H2,1-2H3,(H,21,26)(H,22,28)(H,23,27)(H,29,30). The molecule has 1 aromatic rings. The van der Waals surface area contributed by atoms with E-state index in [1.54, 1.807) is 26.0 Å². The molecular weight excluding hydrogens is 396 g/mol. The molecule has 30 heavy (non-hydrogen) atoms. The fraction of sp³-hybridized carbons (Fsp3) is 0.474. The van der Waals surface area contributed by atoms with Crippen LogP contribution in [0.1, 0.15) is 19.4 Å². The number of aliphatic carboxylic acids is 1. The molecule has 0 radical (unpaired) electrons. The van der Waals surface area contributed by atoms with E-state index < -0.39 is 54.3 Å². The Bertz CT molecular complexity index is 752. The van der Waals surface area contributed by atoms with Gasteiger partial charge in [0.2, 0.25) is 17.7 Å². The van der Waals surface area contributed by atoms with E-state index in [0.29, 0.717) is 5.56 Å². The van der Waals surface area contributed by atoms with Crippen LogP contribution >= 0.6 is 0 Å². The number of nitrogens with one attached hydrogen (secondary N) is 3. The van der Waals surface area contributed by atoms with Crippen molar-refractivity contribution >= 4 is 23.7 Å². The molecule has 11 heteroatoms. The lowest BCUT2D eigenvalue weighted by Crippen LogP contribution is -2.58. The zero-order valence-corrected chi connectivity index (χ0v) is 16.8. The molecule has 1 aromatic carbocycles. The van der Waals surface area contributed by atoms with Gasteiger partial charge >= 0.3 is 5.97 Å². The number of hydrogen-bond donors (Lipinski definition) is 7. The number of phenols is 1. The molecule has 0 saturated heterocycles. The van der Waals surface area contributed by atoms with Gasteiger partial charge in [0.05, 0.1) is 13.2 Å². The summed E-state index contributed by atoms with van der Waals surface area (Å²) in [5.41, 5.74) is 5.95. The van der Waals surface area contributed by atoms with E-state index in [0.717, 1.165) is 0 Å². The van der Waals surface area contributed by atoms with Crippen LogP contribution in [0, 0.1) is 5.92 Å². The van der Waals surface area contributed by atoms with E-state index in [1.165, 1.54) is 12.1 Å². The third kappa shape index (κ3) is 7.68. The monoisotopic (exact) mass is 424 g/mol. The molecule has 3 unspecified atom stereocenters. The number of nitrogens with two attached hydrogens (primary N) is 1. The summed E-state index contributed by atoms with van der Waals surface area (Å²) in [6.07, 6.45) is 0.0681. The molecule has 0 aliphatic rings. The van der Waals surface area contributed by atoms with Crippen LogP contribution in [0.3, 0.4) is 0 Å². The van der Waals surface area contributed by atoms with Gasteiger partial charge in [-0.15, -0.1) is 0 Å². The predicted molar refractivity (Wildman–Crippen MR) is 106 cm³/mol. The zero-order valence-electron chi connectivity index (χ0n) is 16.8. The Balaban J connectivity index is 2.98. The molecule has 0 saturated carbocycles. The minimum Gasteiger partial charge on any atom is -0.508 e. The van der Waals surface area contributed by atoms with Crippen LogP contribution in [0.4, 0.5) is 0 Å². The number of carbonyl (C=O) groups excluding carboxylic acids is 3. The number of carboxylic acid groups (broad SMARTS) is 1. The van der Waals surface area contributed by atoms with Gasteiger partial charge < -0.3 is 37.0 Å². The van der Waals surface area contributed by atoms with Crippen LogP contribution < -0.4 is 21.7 Å². The summed E-state index contributed by atoms with van der Waals surface area (Å²) in [6.45, 7) is 2.14. The normalized spacial score (nSPS) is 13.8.